The van der Waals surface area contributed by atoms with Crippen LogP contribution in [0.2, 0.25) is 0 Å². The number of nitrogens with zero attached hydrogens (tertiary/aromatic N) is 2. The van der Waals surface area contributed by atoms with Gasteiger partial charge in [0.05, 0.1) is 0 Å². The average Bonchev–Trinajstić information content (AvgIpc) is 2.02. The van der Waals surface area contributed by atoms with Crippen molar-refractivity contribution in [3.05, 3.63) is 18.2 Å². The molecule has 0 amide bonds. The molecule has 1 fully saturated rings. The number of rotatable bonds is 2. The van der Waals surface area contributed by atoms with Gasteiger partial charge in [-0.15, -0.1) is 0 Å². The van der Waals surface area contributed by atoms with Crippen molar-refractivity contribution >= 4 is 11.6 Å². The van der Waals surface area contributed by atoms with Crippen LogP contribution in [0.25, 0.3) is 0 Å². The molecule has 3 N–H and O–H groups in total. The normalized spacial score (nSPS) is 17.2. The maximum absolute atomic E-state index is 5.59. The minimum absolute atomic E-state index is 0.588. The molecule has 13 heavy (non-hydrogen) atoms. The van der Waals surface area contributed by atoms with E-state index in [0.29, 0.717) is 11.9 Å². The first-order valence-corrected chi connectivity index (χ1v) is 4.44. The quantitative estimate of drug-likeness (QED) is 0.673. The molecule has 0 atom stereocenters. The van der Waals surface area contributed by atoms with Gasteiger partial charge in [-0.1, -0.05) is 6.07 Å². The van der Waals surface area contributed by atoms with Crippen LogP contribution in [0.15, 0.2) is 18.2 Å². The van der Waals surface area contributed by atoms with Crippen molar-refractivity contribution < 1.29 is 0 Å². The molecule has 4 nitrogen and oxygen atoms in total. The Kier molecular flexibility index (Phi) is 2.06. The van der Waals surface area contributed by atoms with Crippen molar-refractivity contribution in [2.75, 3.05) is 30.8 Å². The summed E-state index contributed by atoms with van der Waals surface area (Å²) in [6.45, 7) is 2.04. The third kappa shape index (κ3) is 1.58. The maximum Gasteiger partial charge on any atom is 0.131 e. The van der Waals surface area contributed by atoms with Crippen LogP contribution in [-0.4, -0.2) is 31.2 Å². The molecule has 0 unspecified atom stereocenters. The molecule has 1 aromatic rings. The summed E-state index contributed by atoms with van der Waals surface area (Å²) in [6, 6.07) is 6.33. The number of nitrogens with one attached hydrogen (secondary N) is 1. The van der Waals surface area contributed by atoms with Crippen LogP contribution in [0.1, 0.15) is 0 Å². The highest BCUT2D eigenvalue weighted by Gasteiger charge is 2.25. The van der Waals surface area contributed by atoms with Gasteiger partial charge in [-0.25, -0.2) is 4.98 Å². The van der Waals surface area contributed by atoms with E-state index in [4.69, 9.17) is 5.73 Å². The van der Waals surface area contributed by atoms with Gasteiger partial charge in [-0.3, -0.25) is 0 Å². The van der Waals surface area contributed by atoms with E-state index in [1.54, 1.807) is 6.07 Å². The van der Waals surface area contributed by atoms with Gasteiger partial charge in [0.2, 0.25) is 0 Å². The van der Waals surface area contributed by atoms with Crippen LogP contribution in [0.3, 0.4) is 0 Å². The summed E-state index contributed by atoms with van der Waals surface area (Å²) in [7, 11) is 1.98. The Hall–Kier alpha value is -1.29. The fourth-order valence-electron chi connectivity index (χ4n) is 1.46. The van der Waals surface area contributed by atoms with Gasteiger partial charge in [0.25, 0.3) is 0 Å². The second-order valence-electron chi connectivity index (χ2n) is 3.31. The largest absolute Gasteiger partial charge is 0.384 e. The standard InChI is InChI=1S/C9H14N4/c1-11-7-5-13(6-7)9-4-2-3-8(10)12-9/h2-4,7,11H,5-6H2,1H3,(H2,10,12). The molecule has 0 spiro atoms. The molecule has 1 aromatic heterocycles. The summed E-state index contributed by atoms with van der Waals surface area (Å²) in [5.74, 6) is 1.57. The molecule has 1 aliphatic rings. The van der Waals surface area contributed by atoms with E-state index in [2.05, 4.69) is 15.2 Å². The Labute approximate surface area is 77.8 Å². The van der Waals surface area contributed by atoms with E-state index in [1.165, 1.54) is 0 Å². The number of hydrogen-bond acceptors (Lipinski definition) is 4. The fraction of sp³-hybridized carbons (Fsp3) is 0.444. The molecule has 1 saturated heterocycles. The Bertz CT molecular complexity index is 293. The molecule has 0 saturated carbocycles. The first kappa shape index (κ1) is 8.31. The zero-order valence-corrected chi connectivity index (χ0v) is 7.70. The molecular formula is C9H14N4. The van der Waals surface area contributed by atoms with Crippen molar-refractivity contribution in [3.8, 4) is 0 Å². The molecule has 4 heteroatoms. The monoisotopic (exact) mass is 178 g/mol. The first-order valence-electron chi connectivity index (χ1n) is 4.44. The summed E-state index contributed by atoms with van der Waals surface area (Å²) in [5, 5.41) is 3.22. The van der Waals surface area contributed by atoms with Crippen molar-refractivity contribution in [1.82, 2.24) is 10.3 Å². The number of likely N-dealkylation sites (N-methyl/N-ethyl adjacent to an activating group) is 1. The highest BCUT2D eigenvalue weighted by atomic mass is 15.3. The average molecular weight is 178 g/mol. The second-order valence-corrected chi connectivity index (χ2v) is 3.31. The Morgan fingerprint density at radius 2 is 2.31 bits per heavy atom. The zero-order chi connectivity index (χ0) is 9.26. The van der Waals surface area contributed by atoms with Crippen molar-refractivity contribution in [2.24, 2.45) is 0 Å². The van der Waals surface area contributed by atoms with Gasteiger partial charge < -0.3 is 16.0 Å². The lowest BCUT2D eigenvalue weighted by Gasteiger charge is -2.39. The minimum atomic E-state index is 0.588. The number of pyridine rings is 1. The second kappa shape index (κ2) is 3.22. The van der Waals surface area contributed by atoms with Crippen LogP contribution in [0.4, 0.5) is 11.6 Å². The molecule has 1 aliphatic heterocycles. The van der Waals surface area contributed by atoms with E-state index in [9.17, 15) is 0 Å². The number of anilines is 2. The maximum atomic E-state index is 5.59. The van der Waals surface area contributed by atoms with E-state index in [-0.39, 0.29) is 0 Å². The van der Waals surface area contributed by atoms with Crippen LogP contribution in [-0.2, 0) is 0 Å². The summed E-state index contributed by atoms with van der Waals surface area (Å²) >= 11 is 0. The number of nitrogen functional groups attached to an aromatic ring is 1. The molecule has 0 aromatic carbocycles. The van der Waals surface area contributed by atoms with Gasteiger partial charge in [-0.05, 0) is 19.2 Å². The third-order valence-corrected chi connectivity index (χ3v) is 2.37. The predicted octanol–water partition coefficient (Wildman–Crippen LogP) is 0.0718. The van der Waals surface area contributed by atoms with Crippen LogP contribution in [0, 0.1) is 0 Å². The van der Waals surface area contributed by atoms with Gasteiger partial charge in [0, 0.05) is 19.1 Å². The Morgan fingerprint density at radius 3 is 2.92 bits per heavy atom. The Balaban J connectivity index is 2.03. The number of hydrogen-bond donors (Lipinski definition) is 2. The predicted molar refractivity (Wildman–Crippen MR) is 53.7 cm³/mol. The van der Waals surface area contributed by atoms with E-state index in [0.717, 1.165) is 18.9 Å². The third-order valence-electron chi connectivity index (χ3n) is 2.37. The van der Waals surface area contributed by atoms with Crippen molar-refractivity contribution in [2.45, 2.75) is 6.04 Å². The summed E-state index contributed by atoms with van der Waals surface area (Å²) in [4.78, 5) is 6.45. The van der Waals surface area contributed by atoms with Crippen LogP contribution >= 0.6 is 0 Å². The Morgan fingerprint density at radius 1 is 1.54 bits per heavy atom. The lowest BCUT2D eigenvalue weighted by Crippen LogP contribution is -2.57. The molecule has 2 rings (SSSR count). The van der Waals surface area contributed by atoms with Crippen LogP contribution < -0.4 is 16.0 Å². The molecule has 2 heterocycles. The van der Waals surface area contributed by atoms with Crippen molar-refractivity contribution in [1.29, 1.82) is 0 Å². The first-order chi connectivity index (χ1) is 6.29. The highest BCUT2D eigenvalue weighted by Crippen LogP contribution is 2.18. The van der Waals surface area contributed by atoms with E-state index < -0.39 is 0 Å². The summed E-state index contributed by atoms with van der Waals surface area (Å²) < 4.78 is 0. The fourth-order valence-corrected chi connectivity index (χ4v) is 1.46. The van der Waals surface area contributed by atoms with Gasteiger partial charge >= 0.3 is 0 Å². The van der Waals surface area contributed by atoms with Gasteiger partial charge in [0.1, 0.15) is 11.6 Å². The molecule has 0 bridgehead atoms. The number of nitrogens with two attached hydrogens (primary N) is 1. The zero-order valence-electron chi connectivity index (χ0n) is 7.70. The molecule has 0 radical (unpaired) electrons. The summed E-state index contributed by atoms with van der Waals surface area (Å²) in [5.41, 5.74) is 5.59. The van der Waals surface area contributed by atoms with E-state index in [1.807, 2.05) is 19.2 Å². The van der Waals surface area contributed by atoms with Gasteiger partial charge in [-0.2, -0.15) is 0 Å². The van der Waals surface area contributed by atoms with Crippen molar-refractivity contribution in [3.63, 3.8) is 0 Å². The van der Waals surface area contributed by atoms with Gasteiger partial charge in [0.15, 0.2) is 0 Å². The molecule has 0 aliphatic carbocycles. The topological polar surface area (TPSA) is 54.2 Å². The minimum Gasteiger partial charge on any atom is -0.384 e. The highest BCUT2D eigenvalue weighted by molar-refractivity contribution is 5.47. The SMILES string of the molecule is CNC1CN(c2cccc(N)n2)C1. The summed E-state index contributed by atoms with van der Waals surface area (Å²) in [6.07, 6.45) is 0. The lowest BCUT2D eigenvalue weighted by molar-refractivity contribution is 0.447. The smallest absolute Gasteiger partial charge is 0.131 e. The van der Waals surface area contributed by atoms with E-state index >= 15 is 0 Å². The molecular weight excluding hydrogens is 164 g/mol. The molecule has 70 valence electrons. The lowest BCUT2D eigenvalue weighted by atomic mass is 10.1. The number of aromatic nitrogens is 1. The van der Waals surface area contributed by atoms with Crippen LogP contribution in [0.5, 0.6) is 0 Å².